The van der Waals surface area contributed by atoms with Crippen molar-refractivity contribution in [3.8, 4) is 5.75 Å². The van der Waals surface area contributed by atoms with Crippen LogP contribution in [0.25, 0.3) is 0 Å². The van der Waals surface area contributed by atoms with Crippen LogP contribution < -0.4 is 10.1 Å². The average molecular weight is 341 g/mol. The van der Waals surface area contributed by atoms with Gasteiger partial charge in [-0.1, -0.05) is 6.07 Å². The van der Waals surface area contributed by atoms with Gasteiger partial charge in [0.15, 0.2) is 9.84 Å². The minimum atomic E-state index is -3.42. The van der Waals surface area contributed by atoms with Crippen molar-refractivity contribution in [2.45, 2.75) is 11.5 Å². The number of carbonyl (C=O) groups is 1. The number of hydrogen-bond donors (Lipinski definition) is 1. The molecule has 23 heavy (non-hydrogen) atoms. The van der Waals surface area contributed by atoms with Crippen LogP contribution in [0.3, 0.4) is 0 Å². The predicted octanol–water partition coefficient (Wildman–Crippen LogP) is 2.94. The van der Waals surface area contributed by atoms with Crippen LogP contribution in [0, 0.1) is 0 Å². The summed E-state index contributed by atoms with van der Waals surface area (Å²) in [5, 5.41) is 2.54. The Bertz CT molecular complexity index is 804. The molecule has 0 aliphatic carbocycles. The smallest absolute Gasteiger partial charge is 0.387 e. The molecule has 8 heteroatoms. The van der Waals surface area contributed by atoms with Crippen molar-refractivity contribution in [1.82, 2.24) is 0 Å². The standard InChI is InChI=1S/C15H13F2NO4S/c1-23(20,21)13-4-2-3-10(9-13)14(19)18-11-5-7-12(8-6-11)22-15(16)17/h2-9,15H,1H3,(H,18,19). The highest BCUT2D eigenvalue weighted by atomic mass is 32.2. The SMILES string of the molecule is CS(=O)(=O)c1cccc(C(=O)Nc2ccc(OC(F)F)cc2)c1. The number of hydrogen-bond acceptors (Lipinski definition) is 4. The van der Waals surface area contributed by atoms with E-state index in [-0.39, 0.29) is 16.2 Å². The molecule has 0 unspecified atom stereocenters. The number of benzene rings is 2. The average Bonchev–Trinajstić information content (AvgIpc) is 2.48. The molecule has 0 aliphatic heterocycles. The molecule has 5 nitrogen and oxygen atoms in total. The van der Waals surface area contributed by atoms with Crippen LogP contribution in [-0.4, -0.2) is 27.2 Å². The lowest BCUT2D eigenvalue weighted by Crippen LogP contribution is -2.12. The fourth-order valence-corrected chi connectivity index (χ4v) is 2.46. The van der Waals surface area contributed by atoms with Crippen LogP contribution in [0.5, 0.6) is 5.75 Å². The van der Waals surface area contributed by atoms with Crippen molar-refractivity contribution in [1.29, 1.82) is 0 Å². The molecule has 2 aromatic rings. The van der Waals surface area contributed by atoms with Crippen LogP contribution in [-0.2, 0) is 9.84 Å². The monoisotopic (exact) mass is 341 g/mol. The zero-order valence-corrected chi connectivity index (χ0v) is 12.8. The first-order chi connectivity index (χ1) is 10.8. The molecular formula is C15H13F2NO4S. The van der Waals surface area contributed by atoms with E-state index in [0.29, 0.717) is 5.69 Å². The highest BCUT2D eigenvalue weighted by Gasteiger charge is 2.12. The zero-order valence-electron chi connectivity index (χ0n) is 12.0. The fraction of sp³-hybridized carbons (Fsp3) is 0.133. The Kier molecular flexibility index (Phi) is 4.95. The summed E-state index contributed by atoms with van der Waals surface area (Å²) in [6.45, 7) is -2.92. The largest absolute Gasteiger partial charge is 0.435 e. The highest BCUT2D eigenvalue weighted by molar-refractivity contribution is 7.90. The number of carbonyl (C=O) groups excluding carboxylic acids is 1. The number of alkyl halides is 2. The molecule has 0 bridgehead atoms. The summed E-state index contributed by atoms with van der Waals surface area (Å²) in [6, 6.07) is 11.0. The summed E-state index contributed by atoms with van der Waals surface area (Å²) in [7, 11) is -3.42. The highest BCUT2D eigenvalue weighted by Crippen LogP contribution is 2.19. The summed E-state index contributed by atoms with van der Waals surface area (Å²) >= 11 is 0. The van der Waals surface area contributed by atoms with Gasteiger partial charge in [0.25, 0.3) is 5.91 Å². The van der Waals surface area contributed by atoms with Gasteiger partial charge in [0.1, 0.15) is 5.75 Å². The third-order valence-electron chi connectivity index (χ3n) is 2.86. The first-order valence-corrected chi connectivity index (χ1v) is 8.31. The molecule has 0 atom stereocenters. The quantitative estimate of drug-likeness (QED) is 0.907. The van der Waals surface area contributed by atoms with Gasteiger partial charge in [-0.2, -0.15) is 8.78 Å². The van der Waals surface area contributed by atoms with E-state index in [1.807, 2.05) is 0 Å². The number of ether oxygens (including phenoxy) is 1. The van der Waals surface area contributed by atoms with Crippen molar-refractivity contribution < 1.29 is 26.7 Å². The number of rotatable bonds is 5. The molecule has 122 valence electrons. The molecule has 0 heterocycles. The van der Waals surface area contributed by atoms with Gasteiger partial charge < -0.3 is 10.1 Å². The number of nitrogens with one attached hydrogen (secondary N) is 1. The maximum atomic E-state index is 12.1. The Hall–Kier alpha value is -2.48. The molecule has 0 aromatic heterocycles. The van der Waals surface area contributed by atoms with E-state index in [9.17, 15) is 22.0 Å². The lowest BCUT2D eigenvalue weighted by Gasteiger charge is -2.08. The Balaban J connectivity index is 2.13. The van der Waals surface area contributed by atoms with Gasteiger partial charge in [0, 0.05) is 17.5 Å². The van der Waals surface area contributed by atoms with E-state index in [1.54, 1.807) is 0 Å². The minimum absolute atomic E-state index is 0.0305. The van der Waals surface area contributed by atoms with Gasteiger partial charge in [-0.3, -0.25) is 4.79 Å². The fourth-order valence-electron chi connectivity index (χ4n) is 1.79. The first kappa shape index (κ1) is 16.9. The van der Waals surface area contributed by atoms with Gasteiger partial charge in [0.2, 0.25) is 0 Å². The van der Waals surface area contributed by atoms with Crippen molar-refractivity contribution in [3.63, 3.8) is 0 Å². The van der Waals surface area contributed by atoms with E-state index in [1.165, 1.54) is 48.5 Å². The van der Waals surface area contributed by atoms with E-state index in [0.717, 1.165) is 6.26 Å². The van der Waals surface area contributed by atoms with Crippen LogP contribution in [0.15, 0.2) is 53.4 Å². The van der Waals surface area contributed by atoms with Crippen molar-refractivity contribution >= 4 is 21.4 Å². The van der Waals surface area contributed by atoms with Crippen molar-refractivity contribution in [2.75, 3.05) is 11.6 Å². The zero-order chi connectivity index (χ0) is 17.0. The molecule has 0 aliphatic rings. The van der Waals surface area contributed by atoms with Crippen LogP contribution in [0.1, 0.15) is 10.4 Å². The molecule has 0 saturated carbocycles. The second-order valence-electron chi connectivity index (χ2n) is 4.66. The maximum absolute atomic E-state index is 12.1. The third kappa shape index (κ3) is 4.75. The first-order valence-electron chi connectivity index (χ1n) is 6.42. The predicted molar refractivity (Wildman–Crippen MR) is 80.6 cm³/mol. The van der Waals surface area contributed by atoms with Gasteiger partial charge in [0.05, 0.1) is 4.90 Å². The lowest BCUT2D eigenvalue weighted by atomic mass is 10.2. The normalized spacial score (nSPS) is 11.3. The van der Waals surface area contributed by atoms with Crippen molar-refractivity contribution in [3.05, 3.63) is 54.1 Å². The Morgan fingerprint density at radius 2 is 1.78 bits per heavy atom. The van der Waals surface area contributed by atoms with Gasteiger partial charge >= 0.3 is 6.61 Å². The number of anilines is 1. The molecule has 0 spiro atoms. The molecular weight excluding hydrogens is 328 g/mol. The number of sulfone groups is 1. The number of halogens is 2. The third-order valence-corrected chi connectivity index (χ3v) is 3.97. The van der Waals surface area contributed by atoms with E-state index in [2.05, 4.69) is 10.1 Å². The molecule has 1 N–H and O–H groups in total. The summed E-state index contributed by atoms with van der Waals surface area (Å²) < 4.78 is 51.3. The number of amides is 1. The molecule has 2 aromatic carbocycles. The van der Waals surface area contributed by atoms with Gasteiger partial charge in [-0.25, -0.2) is 8.42 Å². The Morgan fingerprint density at radius 1 is 1.13 bits per heavy atom. The summed E-state index contributed by atoms with van der Waals surface area (Å²) in [5.41, 5.74) is 0.530. The minimum Gasteiger partial charge on any atom is -0.435 e. The second kappa shape index (κ2) is 6.74. The Morgan fingerprint density at radius 3 is 2.35 bits per heavy atom. The second-order valence-corrected chi connectivity index (χ2v) is 6.67. The van der Waals surface area contributed by atoms with Gasteiger partial charge in [-0.05, 0) is 42.5 Å². The molecule has 0 fully saturated rings. The molecule has 0 radical (unpaired) electrons. The summed E-state index contributed by atoms with van der Waals surface area (Å²) in [6.07, 6.45) is 1.05. The molecule has 2 rings (SSSR count). The summed E-state index contributed by atoms with van der Waals surface area (Å²) in [5.74, 6) is -0.546. The van der Waals surface area contributed by atoms with Crippen molar-refractivity contribution in [2.24, 2.45) is 0 Å². The van der Waals surface area contributed by atoms with Gasteiger partial charge in [-0.15, -0.1) is 0 Å². The molecule has 0 saturated heterocycles. The van der Waals surface area contributed by atoms with E-state index in [4.69, 9.17) is 0 Å². The molecule has 1 amide bonds. The van der Waals surface area contributed by atoms with E-state index >= 15 is 0 Å². The topological polar surface area (TPSA) is 72.5 Å². The van der Waals surface area contributed by atoms with Crippen LogP contribution in [0.2, 0.25) is 0 Å². The maximum Gasteiger partial charge on any atom is 0.387 e. The van der Waals surface area contributed by atoms with Crippen LogP contribution in [0.4, 0.5) is 14.5 Å². The lowest BCUT2D eigenvalue weighted by molar-refractivity contribution is -0.0498. The van der Waals surface area contributed by atoms with E-state index < -0.39 is 22.4 Å². The Labute approximate surface area is 131 Å². The summed E-state index contributed by atoms with van der Waals surface area (Å²) in [4.78, 5) is 12.1. The van der Waals surface area contributed by atoms with Crippen LogP contribution >= 0.6 is 0 Å².